The number of nitrogens with zero attached hydrogens (tertiary/aromatic N) is 2. The number of halogens is 4. The second-order valence-electron chi connectivity index (χ2n) is 3.49. The lowest BCUT2D eigenvalue weighted by Crippen LogP contribution is -2.29. The molecular formula is C9H8ClF3N2O5S. The Kier molecular flexibility index (Phi) is 5.02. The fraction of sp³-hybridized carbons (Fsp3) is 0.333. The lowest BCUT2D eigenvalue weighted by Gasteiger charge is -2.14. The molecule has 0 fully saturated rings. The van der Waals surface area contributed by atoms with Crippen LogP contribution in [0.5, 0.6) is 5.88 Å². The number of aromatic nitrogens is 1. The number of carbonyl (C=O) groups is 1. The van der Waals surface area contributed by atoms with Crippen molar-refractivity contribution in [1.82, 2.24) is 10.0 Å². The Morgan fingerprint density at radius 1 is 1.38 bits per heavy atom. The van der Waals surface area contributed by atoms with Crippen LogP contribution in [-0.2, 0) is 15.0 Å². The molecule has 1 aromatic rings. The second kappa shape index (κ2) is 6.03. The van der Waals surface area contributed by atoms with E-state index in [1.807, 2.05) is 0 Å². The van der Waals surface area contributed by atoms with E-state index in [2.05, 4.69) is 14.0 Å². The first-order valence-electron chi connectivity index (χ1n) is 4.98. The Bertz CT molecular complexity index is 649. The fourth-order valence-electron chi connectivity index (χ4n) is 1.06. The van der Waals surface area contributed by atoms with Gasteiger partial charge in [0, 0.05) is 13.1 Å². The van der Waals surface area contributed by atoms with Crippen LogP contribution in [0.4, 0.5) is 13.2 Å². The van der Waals surface area contributed by atoms with Crippen LogP contribution in [0.15, 0.2) is 12.1 Å². The van der Waals surface area contributed by atoms with Gasteiger partial charge in [-0.25, -0.2) is 10.0 Å². The van der Waals surface area contributed by atoms with E-state index in [4.69, 9.17) is 11.6 Å². The first kappa shape index (κ1) is 17.5. The molecule has 0 bridgehead atoms. The Balaban J connectivity index is 3.18. The predicted octanol–water partition coefficient (Wildman–Crippen LogP) is 1.60. The minimum atomic E-state index is -5.91. The molecule has 0 aliphatic rings. The molecule has 0 spiro atoms. The molecule has 1 rings (SSSR count). The van der Waals surface area contributed by atoms with Crippen LogP contribution >= 0.6 is 11.6 Å². The molecule has 7 nitrogen and oxygen atoms in total. The number of carbonyl (C=O) groups excluding carboxylic acids is 1. The van der Waals surface area contributed by atoms with Crippen molar-refractivity contribution in [2.75, 3.05) is 14.2 Å². The van der Waals surface area contributed by atoms with Crippen LogP contribution < -0.4 is 4.18 Å². The predicted molar refractivity (Wildman–Crippen MR) is 64.0 cm³/mol. The summed E-state index contributed by atoms with van der Waals surface area (Å²) in [6, 6.07) is 1.69. The van der Waals surface area contributed by atoms with Gasteiger partial charge in [-0.3, -0.25) is 9.63 Å². The zero-order valence-electron chi connectivity index (χ0n) is 10.5. The fourth-order valence-corrected chi connectivity index (χ4v) is 1.67. The number of hydrogen-bond donors (Lipinski definition) is 0. The second-order valence-corrected chi connectivity index (χ2v) is 5.41. The van der Waals surface area contributed by atoms with Gasteiger partial charge in [-0.15, -0.1) is 0 Å². The quantitative estimate of drug-likeness (QED) is 0.355. The molecule has 0 atom stereocenters. The van der Waals surface area contributed by atoms with E-state index in [0.29, 0.717) is 6.07 Å². The van der Waals surface area contributed by atoms with Gasteiger partial charge >= 0.3 is 15.6 Å². The van der Waals surface area contributed by atoms with Gasteiger partial charge in [0.05, 0.1) is 12.7 Å². The third-order valence-electron chi connectivity index (χ3n) is 2.06. The monoisotopic (exact) mass is 348 g/mol. The molecule has 0 saturated heterocycles. The van der Waals surface area contributed by atoms with Crippen molar-refractivity contribution in [3.63, 3.8) is 0 Å². The summed E-state index contributed by atoms with van der Waals surface area (Å²) in [6.45, 7) is 0. The minimum Gasteiger partial charge on any atom is -0.355 e. The lowest BCUT2D eigenvalue weighted by molar-refractivity contribution is -0.0757. The highest BCUT2D eigenvalue weighted by molar-refractivity contribution is 7.87. The standard InChI is InChI=1S/C9H8ClF3N2O5S/c1-15(19-2)8(16)5-3-6(10)14-7(4-5)20-21(17,18)9(11,12)13/h3-4H,1-2H3. The molecule has 0 unspecified atom stereocenters. The van der Waals surface area contributed by atoms with Gasteiger partial charge in [-0.1, -0.05) is 11.6 Å². The van der Waals surface area contributed by atoms with E-state index in [9.17, 15) is 26.4 Å². The van der Waals surface area contributed by atoms with Crippen LogP contribution in [0, 0.1) is 0 Å². The maximum atomic E-state index is 12.2. The maximum Gasteiger partial charge on any atom is 0.534 e. The van der Waals surface area contributed by atoms with Gasteiger partial charge < -0.3 is 4.18 Å². The van der Waals surface area contributed by atoms with Crippen LogP contribution in [-0.4, -0.2) is 44.0 Å². The van der Waals surface area contributed by atoms with E-state index in [1.165, 1.54) is 14.2 Å². The van der Waals surface area contributed by atoms with Crippen LogP contribution in [0.2, 0.25) is 5.15 Å². The van der Waals surface area contributed by atoms with Crippen LogP contribution in [0.25, 0.3) is 0 Å². The molecule has 0 N–H and O–H groups in total. The van der Waals surface area contributed by atoms with Gasteiger partial charge in [0.2, 0.25) is 5.88 Å². The number of hydroxylamine groups is 2. The maximum absolute atomic E-state index is 12.2. The van der Waals surface area contributed by atoms with E-state index in [0.717, 1.165) is 11.1 Å². The van der Waals surface area contributed by atoms with Crippen molar-refractivity contribution < 1.29 is 35.4 Å². The summed E-state index contributed by atoms with van der Waals surface area (Å²) in [6.07, 6.45) is 0. The average Bonchev–Trinajstić information content (AvgIpc) is 2.34. The summed E-state index contributed by atoms with van der Waals surface area (Å²) in [5.74, 6) is -1.79. The van der Waals surface area contributed by atoms with Crippen molar-refractivity contribution in [2.24, 2.45) is 0 Å². The van der Waals surface area contributed by atoms with E-state index < -0.39 is 32.6 Å². The smallest absolute Gasteiger partial charge is 0.355 e. The zero-order valence-corrected chi connectivity index (χ0v) is 12.1. The molecule has 0 saturated carbocycles. The van der Waals surface area contributed by atoms with E-state index in [-0.39, 0.29) is 5.56 Å². The summed E-state index contributed by atoms with van der Waals surface area (Å²) < 4.78 is 62.1. The summed E-state index contributed by atoms with van der Waals surface area (Å²) in [7, 11) is -3.51. The Hall–Kier alpha value is -1.59. The lowest BCUT2D eigenvalue weighted by atomic mass is 10.2. The Morgan fingerprint density at radius 2 is 1.95 bits per heavy atom. The molecule has 1 aromatic heterocycles. The van der Waals surface area contributed by atoms with Crippen LogP contribution in [0.3, 0.4) is 0 Å². The number of amides is 1. The summed E-state index contributed by atoms with van der Waals surface area (Å²) in [4.78, 5) is 19.6. The van der Waals surface area contributed by atoms with Crippen molar-refractivity contribution in [1.29, 1.82) is 0 Å². The van der Waals surface area contributed by atoms with Gasteiger partial charge in [0.1, 0.15) is 5.15 Å². The first-order valence-corrected chi connectivity index (χ1v) is 6.77. The summed E-state index contributed by atoms with van der Waals surface area (Å²) in [5.41, 5.74) is -5.91. The minimum absolute atomic E-state index is 0.272. The van der Waals surface area contributed by atoms with Crippen molar-refractivity contribution in [3.05, 3.63) is 22.8 Å². The molecule has 21 heavy (non-hydrogen) atoms. The van der Waals surface area contributed by atoms with Gasteiger partial charge in [-0.2, -0.15) is 21.6 Å². The van der Waals surface area contributed by atoms with Gasteiger partial charge in [0.25, 0.3) is 5.91 Å². The summed E-state index contributed by atoms with van der Waals surface area (Å²) >= 11 is 5.51. The third-order valence-corrected chi connectivity index (χ3v) is 3.21. The molecule has 1 amide bonds. The largest absolute Gasteiger partial charge is 0.534 e. The van der Waals surface area contributed by atoms with Crippen molar-refractivity contribution >= 4 is 27.6 Å². The van der Waals surface area contributed by atoms with Gasteiger partial charge in [-0.05, 0) is 6.07 Å². The highest BCUT2D eigenvalue weighted by atomic mass is 35.5. The molecule has 1 heterocycles. The topological polar surface area (TPSA) is 85.8 Å². The van der Waals surface area contributed by atoms with Gasteiger partial charge in [0.15, 0.2) is 0 Å². The number of rotatable bonds is 4. The highest BCUT2D eigenvalue weighted by Crippen LogP contribution is 2.27. The van der Waals surface area contributed by atoms with Crippen molar-refractivity contribution in [3.8, 4) is 5.88 Å². The first-order chi connectivity index (χ1) is 9.48. The van der Waals surface area contributed by atoms with Crippen molar-refractivity contribution in [2.45, 2.75) is 5.51 Å². The number of pyridine rings is 1. The molecular weight excluding hydrogens is 341 g/mol. The zero-order chi connectivity index (χ0) is 16.4. The number of hydrogen-bond acceptors (Lipinski definition) is 6. The number of alkyl halides is 3. The average molecular weight is 349 g/mol. The van der Waals surface area contributed by atoms with E-state index in [1.54, 1.807) is 0 Å². The molecule has 0 aromatic carbocycles. The van der Waals surface area contributed by atoms with E-state index >= 15 is 0 Å². The summed E-state index contributed by atoms with van der Waals surface area (Å²) in [5, 5.41) is 0.311. The molecule has 0 aliphatic carbocycles. The molecule has 0 aliphatic heterocycles. The Labute approximate surface area is 122 Å². The SMILES string of the molecule is CON(C)C(=O)c1cc(Cl)nc(OS(=O)(=O)C(F)(F)F)c1. The van der Waals surface area contributed by atoms with Crippen LogP contribution in [0.1, 0.15) is 10.4 Å². The highest BCUT2D eigenvalue weighted by Gasteiger charge is 2.49. The third kappa shape index (κ3) is 4.19. The normalized spacial score (nSPS) is 12.1. The molecule has 118 valence electrons. The Morgan fingerprint density at radius 3 is 2.43 bits per heavy atom. The molecule has 0 radical (unpaired) electrons. The molecule has 12 heteroatoms.